The number of rotatable bonds is 5. The van der Waals surface area contributed by atoms with Crippen LogP contribution in [0.2, 0.25) is 0 Å². The average Bonchev–Trinajstić information content (AvgIpc) is 2.68. The third-order valence-corrected chi connectivity index (χ3v) is 3.29. The molecule has 6 heteroatoms. The summed E-state index contributed by atoms with van der Waals surface area (Å²) in [5.41, 5.74) is 4.82. The van der Waals surface area contributed by atoms with Crippen molar-refractivity contribution < 1.29 is 8.42 Å². The van der Waals surface area contributed by atoms with Crippen molar-refractivity contribution >= 4 is 10.2 Å². The highest BCUT2D eigenvalue weighted by Gasteiger charge is 2.30. The minimum absolute atomic E-state index is 0.131. The van der Waals surface area contributed by atoms with Gasteiger partial charge in [0.15, 0.2) is 0 Å². The third-order valence-electron chi connectivity index (χ3n) is 1.82. The molecule has 1 fully saturated rings. The fourth-order valence-corrected chi connectivity index (χ4v) is 2.40. The molecule has 1 aliphatic carbocycles. The highest BCUT2D eigenvalue weighted by molar-refractivity contribution is 7.87. The second-order valence-corrected chi connectivity index (χ2v) is 5.53. The molecule has 5 nitrogen and oxygen atoms in total. The van der Waals surface area contributed by atoms with Gasteiger partial charge in [-0.05, 0) is 26.7 Å². The Morgan fingerprint density at radius 2 is 2.00 bits per heavy atom. The lowest BCUT2D eigenvalue weighted by Gasteiger charge is -2.23. The molecule has 1 aliphatic rings. The zero-order chi connectivity index (χ0) is 10.1. The second kappa shape index (κ2) is 3.53. The van der Waals surface area contributed by atoms with Crippen molar-refractivity contribution in [1.82, 2.24) is 9.44 Å². The molecular formula is C7H17N3O2S. The van der Waals surface area contributed by atoms with Crippen molar-refractivity contribution in [2.24, 2.45) is 5.73 Å². The van der Waals surface area contributed by atoms with Gasteiger partial charge < -0.3 is 5.73 Å². The lowest BCUT2D eigenvalue weighted by Crippen LogP contribution is -2.53. The summed E-state index contributed by atoms with van der Waals surface area (Å²) in [6.07, 6.45) is 1.87. The maximum Gasteiger partial charge on any atom is 0.277 e. The van der Waals surface area contributed by atoms with E-state index in [1.165, 1.54) is 0 Å². The standard InChI is InChI=1S/C7H17N3O2S/c1-7(2,5-8)10-13(11,12)9-6-3-4-6/h6,9-10H,3-5,8H2,1-2H3. The summed E-state index contributed by atoms with van der Waals surface area (Å²) in [5, 5.41) is 0. The van der Waals surface area contributed by atoms with E-state index in [-0.39, 0.29) is 12.6 Å². The smallest absolute Gasteiger partial charge is 0.277 e. The fraction of sp³-hybridized carbons (Fsp3) is 1.00. The van der Waals surface area contributed by atoms with E-state index in [0.717, 1.165) is 12.8 Å². The molecule has 78 valence electrons. The average molecular weight is 207 g/mol. The largest absolute Gasteiger partial charge is 0.329 e. The molecule has 1 saturated carbocycles. The van der Waals surface area contributed by atoms with Crippen LogP contribution in [0.5, 0.6) is 0 Å². The number of hydrogen-bond acceptors (Lipinski definition) is 3. The van der Waals surface area contributed by atoms with Gasteiger partial charge in [-0.15, -0.1) is 0 Å². The van der Waals surface area contributed by atoms with Crippen LogP contribution in [0, 0.1) is 0 Å². The van der Waals surface area contributed by atoms with Gasteiger partial charge in [-0.1, -0.05) is 0 Å². The van der Waals surface area contributed by atoms with Gasteiger partial charge in [-0.25, -0.2) is 0 Å². The van der Waals surface area contributed by atoms with E-state index >= 15 is 0 Å². The molecule has 0 atom stereocenters. The van der Waals surface area contributed by atoms with Crippen molar-refractivity contribution in [1.29, 1.82) is 0 Å². The predicted octanol–water partition coefficient (Wildman–Crippen LogP) is -0.690. The van der Waals surface area contributed by atoms with E-state index in [9.17, 15) is 8.42 Å². The van der Waals surface area contributed by atoms with Crippen molar-refractivity contribution in [2.75, 3.05) is 6.54 Å². The molecular weight excluding hydrogens is 190 g/mol. The van der Waals surface area contributed by atoms with Crippen molar-refractivity contribution in [2.45, 2.75) is 38.3 Å². The lowest BCUT2D eigenvalue weighted by atomic mass is 10.1. The molecule has 0 aromatic rings. The zero-order valence-electron chi connectivity index (χ0n) is 8.00. The SMILES string of the molecule is CC(C)(CN)NS(=O)(=O)NC1CC1. The van der Waals surface area contributed by atoms with E-state index in [1.54, 1.807) is 13.8 Å². The summed E-state index contributed by atoms with van der Waals surface area (Å²) in [4.78, 5) is 0. The maximum atomic E-state index is 11.4. The minimum atomic E-state index is -3.37. The van der Waals surface area contributed by atoms with Gasteiger partial charge in [0.2, 0.25) is 0 Å². The maximum absolute atomic E-state index is 11.4. The summed E-state index contributed by atoms with van der Waals surface area (Å²) < 4.78 is 27.8. The molecule has 0 heterocycles. The van der Waals surface area contributed by atoms with Gasteiger partial charge in [0.25, 0.3) is 10.2 Å². The van der Waals surface area contributed by atoms with E-state index in [1.807, 2.05) is 0 Å². The van der Waals surface area contributed by atoms with Crippen LogP contribution in [0.15, 0.2) is 0 Å². The molecule has 0 radical (unpaired) electrons. The van der Waals surface area contributed by atoms with E-state index in [4.69, 9.17) is 5.73 Å². The second-order valence-electron chi connectivity index (χ2n) is 4.09. The third kappa shape index (κ3) is 4.04. The Morgan fingerprint density at radius 1 is 1.46 bits per heavy atom. The summed E-state index contributed by atoms with van der Waals surface area (Å²) >= 11 is 0. The van der Waals surface area contributed by atoms with Gasteiger partial charge in [0.1, 0.15) is 0 Å². The molecule has 0 aliphatic heterocycles. The first-order chi connectivity index (χ1) is 5.85. The molecule has 0 aromatic heterocycles. The van der Waals surface area contributed by atoms with Crippen molar-refractivity contribution in [3.63, 3.8) is 0 Å². The number of nitrogens with two attached hydrogens (primary N) is 1. The molecule has 0 unspecified atom stereocenters. The highest BCUT2D eigenvalue weighted by atomic mass is 32.2. The van der Waals surface area contributed by atoms with E-state index < -0.39 is 15.7 Å². The minimum Gasteiger partial charge on any atom is -0.329 e. The monoisotopic (exact) mass is 207 g/mol. The Labute approximate surface area is 79.3 Å². The van der Waals surface area contributed by atoms with Crippen LogP contribution in [0.1, 0.15) is 26.7 Å². The number of hydrogen-bond donors (Lipinski definition) is 3. The van der Waals surface area contributed by atoms with Crippen LogP contribution in [0.25, 0.3) is 0 Å². The Kier molecular flexibility index (Phi) is 2.96. The summed E-state index contributed by atoms with van der Waals surface area (Å²) in [6, 6.07) is 0.131. The summed E-state index contributed by atoms with van der Waals surface area (Å²) in [6.45, 7) is 3.77. The van der Waals surface area contributed by atoms with Crippen LogP contribution in [-0.4, -0.2) is 26.5 Å². The first-order valence-corrected chi connectivity index (χ1v) is 5.84. The van der Waals surface area contributed by atoms with E-state index in [0.29, 0.717) is 0 Å². The molecule has 1 rings (SSSR count). The van der Waals surface area contributed by atoms with Gasteiger partial charge in [0.05, 0.1) is 0 Å². The molecule has 0 saturated heterocycles. The Morgan fingerprint density at radius 3 is 2.38 bits per heavy atom. The summed E-state index contributed by atoms with van der Waals surface area (Å²) in [7, 11) is -3.37. The Hall–Kier alpha value is -0.170. The van der Waals surface area contributed by atoms with Gasteiger partial charge in [0, 0.05) is 18.1 Å². The van der Waals surface area contributed by atoms with Crippen LogP contribution in [0.4, 0.5) is 0 Å². The van der Waals surface area contributed by atoms with Gasteiger partial charge in [-0.2, -0.15) is 17.9 Å². The normalized spacial score (nSPS) is 19.0. The molecule has 0 spiro atoms. The molecule has 4 N–H and O–H groups in total. The molecule has 0 bridgehead atoms. The fourth-order valence-electron chi connectivity index (χ4n) is 0.855. The number of nitrogens with one attached hydrogen (secondary N) is 2. The topological polar surface area (TPSA) is 84.2 Å². The predicted molar refractivity (Wildman–Crippen MR) is 51.3 cm³/mol. The van der Waals surface area contributed by atoms with Crippen molar-refractivity contribution in [3.05, 3.63) is 0 Å². The zero-order valence-corrected chi connectivity index (χ0v) is 8.82. The Bertz CT molecular complexity index is 269. The van der Waals surface area contributed by atoms with Gasteiger partial charge >= 0.3 is 0 Å². The van der Waals surface area contributed by atoms with Gasteiger partial charge in [-0.3, -0.25) is 0 Å². The first kappa shape index (κ1) is 10.9. The van der Waals surface area contributed by atoms with Crippen LogP contribution in [0.3, 0.4) is 0 Å². The highest BCUT2D eigenvalue weighted by Crippen LogP contribution is 2.19. The van der Waals surface area contributed by atoms with Crippen molar-refractivity contribution in [3.8, 4) is 0 Å². The van der Waals surface area contributed by atoms with E-state index in [2.05, 4.69) is 9.44 Å². The Balaban J connectivity index is 2.49. The van der Waals surface area contributed by atoms with Crippen LogP contribution in [-0.2, 0) is 10.2 Å². The summed E-state index contributed by atoms with van der Waals surface area (Å²) in [5.74, 6) is 0. The molecule has 0 amide bonds. The molecule has 0 aromatic carbocycles. The van der Waals surface area contributed by atoms with Crippen LogP contribution >= 0.6 is 0 Å². The lowest BCUT2D eigenvalue weighted by molar-refractivity contribution is 0.456. The first-order valence-electron chi connectivity index (χ1n) is 4.36. The van der Waals surface area contributed by atoms with Crippen LogP contribution < -0.4 is 15.2 Å². The molecule has 13 heavy (non-hydrogen) atoms. The quantitative estimate of drug-likeness (QED) is 0.558.